The van der Waals surface area contributed by atoms with Crippen LogP contribution in [0.2, 0.25) is 0 Å². The molecule has 1 aliphatic rings. The topological polar surface area (TPSA) is 86.0 Å². The summed E-state index contributed by atoms with van der Waals surface area (Å²) in [5.41, 5.74) is 0.514. The Hall–Kier alpha value is -2.09. The lowest BCUT2D eigenvalue weighted by molar-refractivity contribution is -0.147. The van der Waals surface area contributed by atoms with Crippen LogP contribution in [0.5, 0.6) is 0 Å². The number of carboxylic acids is 1. The highest BCUT2D eigenvalue weighted by Gasteiger charge is 2.45. The second kappa shape index (κ2) is 4.88. The van der Waals surface area contributed by atoms with Crippen molar-refractivity contribution in [1.29, 1.82) is 5.26 Å². The zero-order chi connectivity index (χ0) is 14.0. The number of pyridine rings is 1. The maximum atomic E-state index is 11.4. The fourth-order valence-electron chi connectivity index (χ4n) is 2.64. The molecule has 0 amide bonds. The molecule has 0 radical (unpaired) electrons. The van der Waals surface area contributed by atoms with E-state index in [9.17, 15) is 9.90 Å². The fraction of sp³-hybridized carbons (Fsp3) is 0.500. The van der Waals surface area contributed by atoms with Crippen molar-refractivity contribution in [1.82, 2.24) is 4.98 Å². The first-order chi connectivity index (χ1) is 8.95. The number of aryl methyl sites for hydroxylation is 1. The smallest absolute Gasteiger partial charge is 0.311 e. The highest BCUT2D eigenvalue weighted by Crippen LogP contribution is 2.39. The maximum absolute atomic E-state index is 11.4. The van der Waals surface area contributed by atoms with Gasteiger partial charge >= 0.3 is 5.97 Å². The highest BCUT2D eigenvalue weighted by molar-refractivity contribution is 5.76. The van der Waals surface area contributed by atoms with E-state index in [2.05, 4.69) is 16.4 Å². The van der Waals surface area contributed by atoms with Gasteiger partial charge in [0.2, 0.25) is 0 Å². The summed E-state index contributed by atoms with van der Waals surface area (Å²) in [6.45, 7) is 3.58. The first-order valence-corrected chi connectivity index (χ1v) is 6.34. The van der Waals surface area contributed by atoms with Gasteiger partial charge in [-0.3, -0.25) is 4.79 Å². The number of hydrogen-bond donors (Lipinski definition) is 2. The Kier molecular flexibility index (Phi) is 3.43. The Bertz CT molecular complexity index is 550. The number of carboxylic acid groups (broad SMARTS) is 1. The molecular weight excluding hydrogens is 242 g/mol. The number of nitriles is 1. The van der Waals surface area contributed by atoms with Crippen molar-refractivity contribution in [3.8, 4) is 6.07 Å². The van der Waals surface area contributed by atoms with Crippen LogP contribution in [-0.4, -0.2) is 22.1 Å². The van der Waals surface area contributed by atoms with Gasteiger partial charge in [0.05, 0.1) is 17.0 Å². The van der Waals surface area contributed by atoms with Crippen LogP contribution in [0.25, 0.3) is 0 Å². The third-order valence-corrected chi connectivity index (χ3v) is 3.85. The fourth-order valence-corrected chi connectivity index (χ4v) is 2.64. The van der Waals surface area contributed by atoms with Crippen LogP contribution in [0.15, 0.2) is 12.1 Å². The number of anilines is 1. The maximum Gasteiger partial charge on any atom is 0.311 e. The zero-order valence-electron chi connectivity index (χ0n) is 11.1. The number of nitrogens with one attached hydrogen (secondary N) is 1. The lowest BCUT2D eigenvalue weighted by Crippen LogP contribution is -2.40. The molecule has 2 N–H and O–H groups in total. The van der Waals surface area contributed by atoms with Crippen molar-refractivity contribution in [2.75, 3.05) is 5.32 Å². The Labute approximate surface area is 112 Å². The summed E-state index contributed by atoms with van der Waals surface area (Å²) in [6, 6.07) is 5.30. The van der Waals surface area contributed by atoms with E-state index in [1.807, 2.05) is 6.92 Å². The van der Waals surface area contributed by atoms with Crippen molar-refractivity contribution in [3.63, 3.8) is 0 Å². The van der Waals surface area contributed by atoms with Crippen molar-refractivity contribution in [2.24, 2.45) is 5.41 Å². The van der Waals surface area contributed by atoms with E-state index in [-0.39, 0.29) is 6.04 Å². The monoisotopic (exact) mass is 259 g/mol. The minimum Gasteiger partial charge on any atom is -0.481 e. The van der Waals surface area contributed by atoms with Crippen molar-refractivity contribution >= 4 is 11.8 Å². The van der Waals surface area contributed by atoms with E-state index in [1.54, 1.807) is 19.1 Å². The lowest BCUT2D eigenvalue weighted by atomic mass is 9.85. The Morgan fingerprint density at radius 2 is 2.37 bits per heavy atom. The summed E-state index contributed by atoms with van der Waals surface area (Å²) in [7, 11) is 0. The number of rotatable bonds is 3. The van der Waals surface area contributed by atoms with Gasteiger partial charge in [0, 0.05) is 11.7 Å². The molecule has 1 fully saturated rings. The number of nitrogens with zero attached hydrogens (tertiary/aromatic N) is 2. The lowest BCUT2D eigenvalue weighted by Gasteiger charge is -2.28. The van der Waals surface area contributed by atoms with E-state index in [1.165, 1.54) is 0 Å². The second-order valence-corrected chi connectivity index (χ2v) is 5.31. The Morgan fingerprint density at radius 3 is 3.00 bits per heavy atom. The number of carbonyl (C=O) groups is 1. The quantitative estimate of drug-likeness (QED) is 0.870. The standard InChI is InChI=1S/C14H17N3O2/c1-9-6-10(8-15)7-12(16-9)17-11-4-3-5-14(11,2)13(18)19/h6-7,11H,3-5H2,1-2H3,(H,16,17)(H,18,19). The summed E-state index contributed by atoms with van der Waals surface area (Å²) in [5.74, 6) is -0.202. The Balaban J connectivity index is 2.24. The average molecular weight is 259 g/mol. The van der Waals surface area contributed by atoms with Crippen LogP contribution in [0.3, 0.4) is 0 Å². The molecule has 19 heavy (non-hydrogen) atoms. The summed E-state index contributed by atoms with van der Waals surface area (Å²) in [5, 5.41) is 21.5. The minimum absolute atomic E-state index is 0.147. The van der Waals surface area contributed by atoms with Gasteiger partial charge in [0.25, 0.3) is 0 Å². The van der Waals surface area contributed by atoms with Crippen molar-refractivity contribution in [3.05, 3.63) is 23.4 Å². The molecule has 0 aromatic carbocycles. The van der Waals surface area contributed by atoms with Crippen LogP contribution < -0.4 is 5.32 Å². The summed E-state index contributed by atoms with van der Waals surface area (Å²) >= 11 is 0. The number of aliphatic carboxylic acids is 1. The van der Waals surface area contributed by atoms with Crippen LogP contribution in [-0.2, 0) is 4.79 Å². The summed E-state index contributed by atoms with van der Waals surface area (Å²) < 4.78 is 0. The zero-order valence-corrected chi connectivity index (χ0v) is 11.1. The molecule has 1 aromatic heterocycles. The van der Waals surface area contributed by atoms with Crippen LogP contribution in [0.4, 0.5) is 5.82 Å². The molecule has 100 valence electrons. The van der Waals surface area contributed by atoms with Crippen LogP contribution >= 0.6 is 0 Å². The SMILES string of the molecule is Cc1cc(C#N)cc(NC2CCCC2(C)C(=O)O)n1. The van der Waals surface area contributed by atoms with Gasteiger partial charge in [-0.1, -0.05) is 6.42 Å². The normalized spacial score (nSPS) is 25.8. The van der Waals surface area contributed by atoms with E-state index in [4.69, 9.17) is 5.26 Å². The number of aromatic nitrogens is 1. The predicted octanol–water partition coefficient (Wildman–Crippen LogP) is 2.32. The molecule has 5 heteroatoms. The molecular formula is C14H17N3O2. The van der Waals surface area contributed by atoms with Gasteiger partial charge in [-0.2, -0.15) is 5.26 Å². The number of hydrogen-bond acceptors (Lipinski definition) is 4. The van der Waals surface area contributed by atoms with Gasteiger partial charge in [0.1, 0.15) is 5.82 Å². The molecule has 0 bridgehead atoms. The van der Waals surface area contributed by atoms with Gasteiger partial charge in [-0.15, -0.1) is 0 Å². The minimum atomic E-state index is -0.782. The molecule has 0 spiro atoms. The van der Waals surface area contributed by atoms with Gasteiger partial charge in [0.15, 0.2) is 0 Å². The molecule has 0 aliphatic heterocycles. The van der Waals surface area contributed by atoms with Crippen LogP contribution in [0.1, 0.15) is 37.4 Å². The Morgan fingerprint density at radius 1 is 1.63 bits per heavy atom. The average Bonchev–Trinajstić information content (AvgIpc) is 2.71. The largest absolute Gasteiger partial charge is 0.481 e. The first-order valence-electron chi connectivity index (χ1n) is 6.34. The molecule has 5 nitrogen and oxygen atoms in total. The molecule has 1 heterocycles. The summed E-state index contributed by atoms with van der Waals surface area (Å²) in [4.78, 5) is 15.7. The van der Waals surface area contributed by atoms with E-state index >= 15 is 0 Å². The van der Waals surface area contributed by atoms with E-state index in [0.717, 1.165) is 18.5 Å². The molecule has 2 rings (SSSR count). The second-order valence-electron chi connectivity index (χ2n) is 5.31. The van der Waals surface area contributed by atoms with Crippen molar-refractivity contribution in [2.45, 2.75) is 39.2 Å². The van der Waals surface area contributed by atoms with Gasteiger partial charge in [-0.25, -0.2) is 4.98 Å². The van der Waals surface area contributed by atoms with Crippen molar-refractivity contribution < 1.29 is 9.90 Å². The highest BCUT2D eigenvalue weighted by atomic mass is 16.4. The molecule has 0 saturated heterocycles. The third kappa shape index (κ3) is 2.53. The molecule has 2 atom stereocenters. The molecule has 1 aromatic rings. The molecule has 2 unspecified atom stereocenters. The first kappa shape index (κ1) is 13.3. The van der Waals surface area contributed by atoms with Gasteiger partial charge < -0.3 is 10.4 Å². The van der Waals surface area contributed by atoms with E-state index in [0.29, 0.717) is 17.8 Å². The van der Waals surface area contributed by atoms with E-state index < -0.39 is 11.4 Å². The molecule has 1 aliphatic carbocycles. The van der Waals surface area contributed by atoms with Crippen LogP contribution in [0, 0.1) is 23.7 Å². The summed E-state index contributed by atoms with van der Waals surface area (Å²) in [6.07, 6.45) is 2.36. The predicted molar refractivity (Wildman–Crippen MR) is 70.7 cm³/mol. The third-order valence-electron chi connectivity index (χ3n) is 3.85. The molecule has 1 saturated carbocycles. The van der Waals surface area contributed by atoms with Gasteiger partial charge in [-0.05, 0) is 38.8 Å².